The third-order valence-electron chi connectivity index (χ3n) is 2.34. The molecule has 1 atom stereocenters. The number of carbonyl (C=O) groups is 2. The second kappa shape index (κ2) is 9.82. The van der Waals surface area contributed by atoms with Crippen molar-refractivity contribution in [2.45, 2.75) is 25.8 Å². The van der Waals surface area contributed by atoms with E-state index in [1.54, 1.807) is 22.7 Å². The van der Waals surface area contributed by atoms with E-state index in [-0.39, 0.29) is 6.03 Å². The van der Waals surface area contributed by atoms with Crippen LogP contribution in [-0.2, 0) is 4.79 Å². The Kier molecular flexibility index (Phi) is 9.18. The summed E-state index contributed by atoms with van der Waals surface area (Å²) in [5, 5.41) is 11.6. The number of thioether (sulfide) groups is 1. The fourth-order valence-corrected chi connectivity index (χ4v) is 1.91. The first kappa shape index (κ1) is 16.8. The first-order valence-corrected chi connectivity index (χ1v) is 7.34. The van der Waals surface area contributed by atoms with Crippen molar-refractivity contribution < 1.29 is 14.7 Å². The number of carboxylic acids is 1. The zero-order valence-corrected chi connectivity index (χ0v) is 11.8. The van der Waals surface area contributed by atoms with Crippen LogP contribution >= 0.6 is 11.8 Å². The quantitative estimate of drug-likeness (QED) is 0.629. The van der Waals surface area contributed by atoms with Crippen molar-refractivity contribution in [1.82, 2.24) is 10.2 Å². The zero-order chi connectivity index (χ0) is 14.0. The molecule has 2 amide bonds. The van der Waals surface area contributed by atoms with Gasteiger partial charge in [-0.15, -0.1) is 6.58 Å². The second-order valence-corrected chi connectivity index (χ2v) is 4.84. The van der Waals surface area contributed by atoms with Crippen LogP contribution in [0.3, 0.4) is 0 Å². The highest BCUT2D eigenvalue weighted by atomic mass is 32.2. The molecule has 0 spiro atoms. The molecule has 0 aliphatic heterocycles. The highest BCUT2D eigenvalue weighted by Gasteiger charge is 2.21. The lowest BCUT2D eigenvalue weighted by Gasteiger charge is -2.23. The van der Waals surface area contributed by atoms with Crippen molar-refractivity contribution in [1.29, 1.82) is 0 Å². The van der Waals surface area contributed by atoms with Gasteiger partial charge in [0, 0.05) is 13.1 Å². The molecule has 0 aromatic rings. The molecule has 18 heavy (non-hydrogen) atoms. The molecule has 0 saturated heterocycles. The van der Waals surface area contributed by atoms with Gasteiger partial charge in [0.25, 0.3) is 0 Å². The number of carboxylic acid groups (broad SMARTS) is 1. The molecule has 0 aliphatic rings. The van der Waals surface area contributed by atoms with Crippen molar-refractivity contribution in [2.24, 2.45) is 0 Å². The van der Waals surface area contributed by atoms with Crippen LogP contribution in [0.2, 0.25) is 0 Å². The molecule has 0 heterocycles. The topological polar surface area (TPSA) is 69.6 Å². The predicted octanol–water partition coefficient (Wildman–Crippen LogP) is 1.80. The minimum absolute atomic E-state index is 0.342. The van der Waals surface area contributed by atoms with Crippen LogP contribution in [0.25, 0.3) is 0 Å². The van der Waals surface area contributed by atoms with E-state index in [2.05, 4.69) is 11.9 Å². The third kappa shape index (κ3) is 6.54. The van der Waals surface area contributed by atoms with Crippen LogP contribution in [0.5, 0.6) is 0 Å². The van der Waals surface area contributed by atoms with Crippen molar-refractivity contribution >= 4 is 23.8 Å². The second-order valence-electron chi connectivity index (χ2n) is 3.86. The lowest BCUT2D eigenvalue weighted by atomic mass is 10.2. The summed E-state index contributed by atoms with van der Waals surface area (Å²) in [5.41, 5.74) is 0. The third-order valence-corrected chi connectivity index (χ3v) is 2.98. The van der Waals surface area contributed by atoms with E-state index in [0.29, 0.717) is 25.3 Å². The largest absolute Gasteiger partial charge is 0.480 e. The number of nitrogens with zero attached hydrogens (tertiary/aromatic N) is 1. The van der Waals surface area contributed by atoms with Crippen molar-refractivity contribution in [3.05, 3.63) is 12.7 Å². The number of urea groups is 1. The minimum Gasteiger partial charge on any atom is -0.480 e. The monoisotopic (exact) mass is 274 g/mol. The number of rotatable bonds is 9. The molecule has 2 N–H and O–H groups in total. The van der Waals surface area contributed by atoms with Crippen LogP contribution < -0.4 is 5.32 Å². The minimum atomic E-state index is -0.993. The number of aliphatic carboxylic acids is 1. The number of amides is 2. The van der Waals surface area contributed by atoms with E-state index >= 15 is 0 Å². The van der Waals surface area contributed by atoms with Crippen LogP contribution in [0.4, 0.5) is 4.79 Å². The summed E-state index contributed by atoms with van der Waals surface area (Å²) < 4.78 is 0. The summed E-state index contributed by atoms with van der Waals surface area (Å²) in [5.74, 6) is -0.292. The van der Waals surface area contributed by atoms with Crippen LogP contribution in [0.1, 0.15) is 19.8 Å². The van der Waals surface area contributed by atoms with Gasteiger partial charge in [-0.25, -0.2) is 9.59 Å². The number of carbonyl (C=O) groups excluding carboxylic acids is 1. The summed E-state index contributed by atoms with van der Waals surface area (Å²) >= 11 is 1.56. The summed E-state index contributed by atoms with van der Waals surface area (Å²) in [4.78, 5) is 24.5. The van der Waals surface area contributed by atoms with Gasteiger partial charge in [-0.1, -0.05) is 13.0 Å². The predicted molar refractivity (Wildman–Crippen MR) is 75.0 cm³/mol. The Bertz CT molecular complexity index is 284. The fourth-order valence-electron chi connectivity index (χ4n) is 1.43. The van der Waals surface area contributed by atoms with Gasteiger partial charge >= 0.3 is 12.0 Å². The van der Waals surface area contributed by atoms with E-state index in [0.717, 1.165) is 6.42 Å². The molecule has 104 valence electrons. The van der Waals surface area contributed by atoms with Crippen molar-refractivity contribution in [2.75, 3.05) is 25.1 Å². The highest BCUT2D eigenvalue weighted by Crippen LogP contribution is 2.02. The maximum Gasteiger partial charge on any atom is 0.326 e. The Labute approximate surface area is 113 Å². The Balaban J connectivity index is 4.44. The summed E-state index contributed by atoms with van der Waals surface area (Å²) in [6.07, 6.45) is 4.79. The Hall–Kier alpha value is -1.17. The molecule has 0 bridgehead atoms. The zero-order valence-electron chi connectivity index (χ0n) is 11.0. The molecular weight excluding hydrogens is 252 g/mol. The Morgan fingerprint density at radius 1 is 1.56 bits per heavy atom. The van der Waals surface area contributed by atoms with E-state index in [1.807, 2.05) is 13.2 Å². The maximum absolute atomic E-state index is 11.9. The van der Waals surface area contributed by atoms with E-state index in [4.69, 9.17) is 5.11 Å². The van der Waals surface area contributed by atoms with E-state index in [9.17, 15) is 9.59 Å². The first-order chi connectivity index (χ1) is 8.56. The molecule has 5 nitrogen and oxygen atoms in total. The molecule has 0 aromatic carbocycles. The Morgan fingerprint density at radius 3 is 2.67 bits per heavy atom. The van der Waals surface area contributed by atoms with E-state index < -0.39 is 12.0 Å². The Morgan fingerprint density at radius 2 is 2.22 bits per heavy atom. The molecule has 0 rings (SSSR count). The van der Waals surface area contributed by atoms with Crippen molar-refractivity contribution in [3.8, 4) is 0 Å². The molecule has 0 aliphatic carbocycles. The molecule has 1 unspecified atom stereocenters. The molecule has 0 aromatic heterocycles. The van der Waals surface area contributed by atoms with Gasteiger partial charge in [-0.05, 0) is 24.9 Å². The number of hydrogen-bond acceptors (Lipinski definition) is 3. The average molecular weight is 274 g/mol. The normalized spacial score (nSPS) is 11.7. The molecular formula is C12H22N2O3S. The fraction of sp³-hybridized carbons (Fsp3) is 0.667. The summed E-state index contributed by atoms with van der Waals surface area (Å²) in [6, 6.07) is -1.17. The average Bonchev–Trinajstić information content (AvgIpc) is 2.33. The lowest BCUT2D eigenvalue weighted by molar-refractivity contribution is -0.139. The summed E-state index contributed by atoms with van der Waals surface area (Å²) in [6.45, 7) is 6.57. The van der Waals surface area contributed by atoms with Crippen LogP contribution in [-0.4, -0.2) is 53.1 Å². The number of hydrogen-bond donors (Lipinski definition) is 2. The standard InChI is InChI=1S/C12H22N2O3S/c1-4-7-14(8-5-2)12(17)13-10(11(15)16)6-9-18-3/h4,10H,1,5-9H2,2-3H3,(H,13,17)(H,15,16). The van der Waals surface area contributed by atoms with Gasteiger partial charge < -0.3 is 15.3 Å². The molecule has 6 heteroatoms. The molecule has 0 saturated carbocycles. The van der Waals surface area contributed by atoms with Gasteiger partial charge in [-0.3, -0.25) is 0 Å². The molecule has 0 radical (unpaired) electrons. The van der Waals surface area contributed by atoms with Gasteiger partial charge in [0.05, 0.1) is 0 Å². The highest BCUT2D eigenvalue weighted by molar-refractivity contribution is 7.98. The van der Waals surface area contributed by atoms with Gasteiger partial charge in [-0.2, -0.15) is 11.8 Å². The summed E-state index contributed by atoms with van der Waals surface area (Å²) in [7, 11) is 0. The first-order valence-electron chi connectivity index (χ1n) is 5.94. The van der Waals surface area contributed by atoms with Gasteiger partial charge in [0.15, 0.2) is 0 Å². The van der Waals surface area contributed by atoms with Gasteiger partial charge in [0.1, 0.15) is 6.04 Å². The maximum atomic E-state index is 11.9. The van der Waals surface area contributed by atoms with Crippen LogP contribution in [0, 0.1) is 0 Å². The lowest BCUT2D eigenvalue weighted by Crippen LogP contribution is -2.48. The van der Waals surface area contributed by atoms with E-state index in [1.165, 1.54) is 0 Å². The van der Waals surface area contributed by atoms with Crippen molar-refractivity contribution in [3.63, 3.8) is 0 Å². The number of nitrogens with one attached hydrogen (secondary N) is 1. The van der Waals surface area contributed by atoms with Gasteiger partial charge in [0.2, 0.25) is 0 Å². The molecule has 0 fully saturated rings. The smallest absolute Gasteiger partial charge is 0.326 e. The SMILES string of the molecule is C=CCN(CCC)C(=O)NC(CCSC)C(=O)O. The van der Waals surface area contributed by atoms with Crippen LogP contribution in [0.15, 0.2) is 12.7 Å².